The minimum Gasteiger partial charge on any atom is -0.312 e. The van der Waals surface area contributed by atoms with E-state index in [2.05, 4.69) is 22.4 Å². The van der Waals surface area contributed by atoms with E-state index >= 15 is 0 Å². The zero-order chi connectivity index (χ0) is 17.8. The van der Waals surface area contributed by atoms with Crippen LogP contribution in [0.2, 0.25) is 0 Å². The van der Waals surface area contributed by atoms with E-state index in [1.54, 1.807) is 16.7 Å². The van der Waals surface area contributed by atoms with Gasteiger partial charge in [-0.3, -0.25) is 9.59 Å². The molecule has 2 amide bonds. The highest BCUT2D eigenvalue weighted by molar-refractivity contribution is 8.01. The van der Waals surface area contributed by atoms with E-state index in [1.807, 2.05) is 31.2 Å². The highest BCUT2D eigenvalue weighted by Gasteiger charge is 2.35. The number of nitrogens with zero attached hydrogens (tertiary/aromatic N) is 3. The number of anilines is 2. The number of thioether (sulfide) groups is 1. The molecule has 132 valence electrons. The number of amides is 2. The SMILES string of the molecule is CCCSc1nnc(NC(=O)[C@@H]2CC(=O)N(c3ccc(C)cc3)C2)s1. The first kappa shape index (κ1) is 17.9. The number of aromatic nitrogens is 2. The monoisotopic (exact) mass is 376 g/mol. The molecule has 1 N–H and O–H groups in total. The lowest BCUT2D eigenvalue weighted by Gasteiger charge is -2.16. The highest BCUT2D eigenvalue weighted by atomic mass is 32.2. The third-order valence-corrected chi connectivity index (χ3v) is 6.09. The Kier molecular flexibility index (Phi) is 5.70. The number of nitrogens with one attached hydrogen (secondary N) is 1. The molecule has 3 rings (SSSR count). The average Bonchev–Trinajstić information content (AvgIpc) is 3.20. The molecule has 1 aliphatic rings. The van der Waals surface area contributed by atoms with Gasteiger partial charge in [-0.15, -0.1) is 10.2 Å². The minimum atomic E-state index is -0.371. The first-order valence-electron chi connectivity index (χ1n) is 8.21. The summed E-state index contributed by atoms with van der Waals surface area (Å²) >= 11 is 3.00. The number of benzene rings is 1. The first-order chi connectivity index (χ1) is 12.1. The third-order valence-electron chi connectivity index (χ3n) is 3.91. The van der Waals surface area contributed by atoms with Crippen molar-refractivity contribution in [2.24, 2.45) is 5.92 Å². The molecular weight excluding hydrogens is 356 g/mol. The van der Waals surface area contributed by atoms with Crippen LogP contribution in [0.5, 0.6) is 0 Å². The van der Waals surface area contributed by atoms with Crippen LogP contribution in [-0.4, -0.2) is 34.3 Å². The quantitative estimate of drug-likeness (QED) is 0.618. The summed E-state index contributed by atoms with van der Waals surface area (Å²) in [6.07, 6.45) is 1.28. The summed E-state index contributed by atoms with van der Waals surface area (Å²) < 4.78 is 0.848. The van der Waals surface area contributed by atoms with Crippen LogP contribution < -0.4 is 10.2 Å². The van der Waals surface area contributed by atoms with Crippen molar-refractivity contribution in [3.8, 4) is 0 Å². The van der Waals surface area contributed by atoms with Gasteiger partial charge in [-0.05, 0) is 25.5 Å². The molecule has 1 aromatic heterocycles. The lowest BCUT2D eigenvalue weighted by molar-refractivity contribution is -0.122. The van der Waals surface area contributed by atoms with Crippen LogP contribution in [0, 0.1) is 12.8 Å². The van der Waals surface area contributed by atoms with Crippen LogP contribution in [-0.2, 0) is 9.59 Å². The standard InChI is InChI=1S/C17H20N4O2S2/c1-3-8-24-17-20-19-16(25-17)18-15(23)12-9-14(22)21(10-12)13-6-4-11(2)5-7-13/h4-7,12H,3,8-10H2,1-2H3,(H,18,19,23)/t12-/m1/s1. The van der Waals surface area contributed by atoms with Crippen LogP contribution in [0.15, 0.2) is 28.6 Å². The van der Waals surface area contributed by atoms with Crippen LogP contribution in [0.3, 0.4) is 0 Å². The van der Waals surface area contributed by atoms with E-state index in [4.69, 9.17) is 0 Å². The molecule has 1 saturated heterocycles. The molecule has 2 heterocycles. The Bertz CT molecular complexity index is 760. The van der Waals surface area contributed by atoms with E-state index in [1.165, 1.54) is 11.3 Å². The molecule has 1 aromatic carbocycles. The summed E-state index contributed by atoms with van der Waals surface area (Å²) in [5.74, 6) is 0.404. The van der Waals surface area contributed by atoms with E-state index in [-0.39, 0.29) is 24.2 Å². The summed E-state index contributed by atoms with van der Waals surface area (Å²) in [5, 5.41) is 11.3. The maximum Gasteiger partial charge on any atom is 0.231 e. The van der Waals surface area contributed by atoms with Crippen molar-refractivity contribution >= 4 is 45.7 Å². The second kappa shape index (κ2) is 7.97. The van der Waals surface area contributed by atoms with Crippen molar-refractivity contribution in [2.45, 2.75) is 31.0 Å². The van der Waals surface area contributed by atoms with Crippen LogP contribution in [0.4, 0.5) is 10.8 Å². The second-order valence-corrected chi connectivity index (χ2v) is 8.27. The van der Waals surface area contributed by atoms with Gasteiger partial charge in [0, 0.05) is 24.4 Å². The lowest BCUT2D eigenvalue weighted by Crippen LogP contribution is -2.28. The molecule has 0 bridgehead atoms. The first-order valence-corrected chi connectivity index (χ1v) is 10.0. The van der Waals surface area contributed by atoms with Crippen molar-refractivity contribution in [1.82, 2.24) is 10.2 Å². The number of rotatable bonds is 6. The number of hydrogen-bond donors (Lipinski definition) is 1. The Balaban J connectivity index is 1.60. The molecule has 1 aliphatic heterocycles. The van der Waals surface area contributed by atoms with Gasteiger partial charge in [0.25, 0.3) is 0 Å². The molecule has 25 heavy (non-hydrogen) atoms. The summed E-state index contributed by atoms with van der Waals surface area (Å²) in [5.41, 5.74) is 1.97. The van der Waals surface area contributed by atoms with Crippen molar-refractivity contribution in [1.29, 1.82) is 0 Å². The van der Waals surface area contributed by atoms with Crippen molar-refractivity contribution in [3.05, 3.63) is 29.8 Å². The zero-order valence-corrected chi connectivity index (χ0v) is 15.8. The van der Waals surface area contributed by atoms with Gasteiger partial charge in [-0.25, -0.2) is 0 Å². The lowest BCUT2D eigenvalue weighted by atomic mass is 10.1. The predicted molar refractivity (Wildman–Crippen MR) is 101 cm³/mol. The van der Waals surface area contributed by atoms with Gasteiger partial charge in [0.05, 0.1) is 5.92 Å². The molecular formula is C17H20N4O2S2. The summed E-state index contributed by atoms with van der Waals surface area (Å²) in [7, 11) is 0. The normalized spacial score (nSPS) is 17.1. The molecule has 1 fully saturated rings. The van der Waals surface area contributed by atoms with Gasteiger partial charge in [-0.1, -0.05) is 47.7 Å². The molecule has 0 unspecified atom stereocenters. The fourth-order valence-electron chi connectivity index (χ4n) is 2.57. The molecule has 2 aromatic rings. The number of hydrogen-bond acceptors (Lipinski definition) is 6. The van der Waals surface area contributed by atoms with Gasteiger partial charge < -0.3 is 10.2 Å². The van der Waals surface area contributed by atoms with Gasteiger partial charge in [0.1, 0.15) is 0 Å². The number of carbonyl (C=O) groups excluding carboxylic acids is 2. The smallest absolute Gasteiger partial charge is 0.231 e. The second-order valence-electron chi connectivity index (χ2n) is 5.95. The van der Waals surface area contributed by atoms with E-state index in [9.17, 15) is 9.59 Å². The molecule has 8 heteroatoms. The fourth-order valence-corrected chi connectivity index (χ4v) is 4.25. The van der Waals surface area contributed by atoms with Crippen LogP contribution >= 0.6 is 23.1 Å². The third kappa shape index (κ3) is 4.38. The van der Waals surface area contributed by atoms with Crippen LogP contribution in [0.1, 0.15) is 25.3 Å². The predicted octanol–water partition coefficient (Wildman–Crippen LogP) is 3.34. The maximum absolute atomic E-state index is 12.5. The number of carbonyl (C=O) groups is 2. The van der Waals surface area contributed by atoms with Gasteiger partial charge in [0.2, 0.25) is 16.9 Å². The molecule has 0 aliphatic carbocycles. The molecule has 0 spiro atoms. The van der Waals surface area contributed by atoms with Crippen molar-refractivity contribution in [3.63, 3.8) is 0 Å². The molecule has 1 atom stereocenters. The Hall–Kier alpha value is -1.93. The van der Waals surface area contributed by atoms with Crippen molar-refractivity contribution < 1.29 is 9.59 Å². The van der Waals surface area contributed by atoms with E-state index < -0.39 is 0 Å². The topological polar surface area (TPSA) is 75.2 Å². The highest BCUT2D eigenvalue weighted by Crippen LogP contribution is 2.29. The van der Waals surface area contributed by atoms with E-state index in [0.29, 0.717) is 11.7 Å². The summed E-state index contributed by atoms with van der Waals surface area (Å²) in [4.78, 5) is 26.4. The fraction of sp³-hybridized carbons (Fsp3) is 0.412. The molecule has 0 radical (unpaired) electrons. The molecule has 6 nitrogen and oxygen atoms in total. The van der Waals surface area contributed by atoms with Crippen LogP contribution in [0.25, 0.3) is 0 Å². The van der Waals surface area contributed by atoms with Crippen molar-refractivity contribution in [2.75, 3.05) is 22.5 Å². The van der Waals surface area contributed by atoms with Gasteiger partial charge in [-0.2, -0.15) is 0 Å². The average molecular weight is 377 g/mol. The Morgan fingerprint density at radius 1 is 1.36 bits per heavy atom. The number of aryl methyl sites for hydroxylation is 1. The van der Waals surface area contributed by atoms with Gasteiger partial charge >= 0.3 is 0 Å². The van der Waals surface area contributed by atoms with E-state index in [0.717, 1.165) is 27.8 Å². The maximum atomic E-state index is 12.5. The Labute approximate surface area is 155 Å². The molecule has 0 saturated carbocycles. The minimum absolute atomic E-state index is 0.0274. The largest absolute Gasteiger partial charge is 0.312 e. The summed E-state index contributed by atoms with van der Waals surface area (Å²) in [6, 6.07) is 7.75. The Morgan fingerprint density at radius 2 is 2.12 bits per heavy atom. The summed E-state index contributed by atoms with van der Waals surface area (Å²) in [6.45, 7) is 4.50. The zero-order valence-electron chi connectivity index (χ0n) is 14.2. The van der Waals surface area contributed by atoms with Gasteiger partial charge in [0.15, 0.2) is 4.34 Å². The Morgan fingerprint density at radius 3 is 2.84 bits per heavy atom.